The molecule has 0 aromatic carbocycles. The molecule has 0 rings (SSSR count). The summed E-state index contributed by atoms with van der Waals surface area (Å²) in [5.41, 5.74) is 0. The second-order valence-electron chi connectivity index (χ2n) is 2.59. The molecule has 0 radical (unpaired) electrons. The van der Waals surface area contributed by atoms with Gasteiger partial charge in [-0.05, 0) is 0 Å². The van der Waals surface area contributed by atoms with Gasteiger partial charge >= 0.3 is 72.2 Å². The van der Waals surface area contributed by atoms with Crippen LogP contribution in [-0.2, 0) is 21.9 Å². The minimum atomic E-state index is -0.812. The average molecular weight is 225 g/mol. The van der Waals surface area contributed by atoms with Gasteiger partial charge in [-0.25, -0.2) is 0 Å². The van der Waals surface area contributed by atoms with E-state index in [1.807, 2.05) is 0 Å². The summed E-state index contributed by atoms with van der Waals surface area (Å²) in [6.07, 6.45) is 7.91. The van der Waals surface area contributed by atoms with Gasteiger partial charge in [-0.15, -0.1) is 0 Å². The summed E-state index contributed by atoms with van der Waals surface area (Å²) < 4.78 is 10.1. The van der Waals surface area contributed by atoms with Gasteiger partial charge < -0.3 is 0 Å². The SMILES string of the molecule is CCCCCCC[CH2][Mo]=[O]. The molecule has 0 heterocycles. The predicted molar refractivity (Wildman–Crippen MR) is 38.9 cm³/mol. The molecule has 0 aliphatic heterocycles. The molecular formula is C8H17MoO. The van der Waals surface area contributed by atoms with E-state index in [2.05, 4.69) is 6.92 Å². The summed E-state index contributed by atoms with van der Waals surface area (Å²) in [6.45, 7) is 2.23. The molecule has 0 aromatic rings. The first kappa shape index (κ1) is 10.5. The summed E-state index contributed by atoms with van der Waals surface area (Å²) in [6, 6.07) is 0. The molecule has 0 aliphatic carbocycles. The molecule has 0 unspecified atom stereocenters. The van der Waals surface area contributed by atoms with E-state index in [4.69, 9.17) is 0 Å². The first-order valence-electron chi connectivity index (χ1n) is 4.16. The monoisotopic (exact) mass is 227 g/mol. The standard InChI is InChI=1S/C8H17.Mo.O/c1-3-5-7-8-6-4-2;;/h1,3-8H2,2H3;;. The van der Waals surface area contributed by atoms with E-state index >= 15 is 0 Å². The van der Waals surface area contributed by atoms with Crippen LogP contribution in [0.1, 0.15) is 45.4 Å². The molecule has 2 heteroatoms. The van der Waals surface area contributed by atoms with Crippen molar-refractivity contribution in [1.82, 2.24) is 0 Å². The second-order valence-corrected chi connectivity index (χ2v) is 4.17. The Morgan fingerprint density at radius 2 is 1.60 bits per heavy atom. The molecule has 0 amide bonds. The second kappa shape index (κ2) is 9.49. The summed E-state index contributed by atoms with van der Waals surface area (Å²) in [7, 11) is 0. The van der Waals surface area contributed by atoms with Crippen LogP contribution in [-0.4, -0.2) is 0 Å². The summed E-state index contributed by atoms with van der Waals surface area (Å²) in [5.74, 6) is 0. The van der Waals surface area contributed by atoms with E-state index in [0.717, 1.165) is 4.81 Å². The van der Waals surface area contributed by atoms with Gasteiger partial charge in [0.15, 0.2) is 0 Å². The van der Waals surface area contributed by atoms with Gasteiger partial charge in [0, 0.05) is 0 Å². The van der Waals surface area contributed by atoms with Crippen molar-refractivity contribution in [3.63, 3.8) is 0 Å². The third-order valence-electron chi connectivity index (χ3n) is 1.58. The van der Waals surface area contributed by atoms with Crippen LogP contribution in [0, 0.1) is 0 Å². The van der Waals surface area contributed by atoms with Gasteiger partial charge in [0.25, 0.3) is 0 Å². The first-order chi connectivity index (χ1) is 4.91. The zero-order valence-electron chi connectivity index (χ0n) is 6.77. The maximum atomic E-state index is 10.1. The van der Waals surface area contributed by atoms with Crippen molar-refractivity contribution in [2.24, 2.45) is 0 Å². The van der Waals surface area contributed by atoms with Crippen LogP contribution in [0.5, 0.6) is 0 Å². The van der Waals surface area contributed by atoms with Crippen molar-refractivity contribution in [3.05, 3.63) is 0 Å². The summed E-state index contributed by atoms with van der Waals surface area (Å²) in [4.78, 5) is 1.01. The Kier molecular flexibility index (Phi) is 9.95. The van der Waals surface area contributed by atoms with Crippen LogP contribution in [0.4, 0.5) is 0 Å². The molecule has 0 fully saturated rings. The zero-order valence-corrected chi connectivity index (χ0v) is 8.77. The quantitative estimate of drug-likeness (QED) is 0.480. The first-order valence-corrected chi connectivity index (χ1v) is 6.40. The van der Waals surface area contributed by atoms with Crippen molar-refractivity contribution in [3.8, 4) is 0 Å². The van der Waals surface area contributed by atoms with Crippen LogP contribution in [0.3, 0.4) is 0 Å². The topological polar surface area (TPSA) is 17.1 Å². The van der Waals surface area contributed by atoms with Crippen LogP contribution in [0.15, 0.2) is 0 Å². The Morgan fingerprint density at radius 3 is 2.20 bits per heavy atom. The van der Waals surface area contributed by atoms with Gasteiger partial charge in [-0.1, -0.05) is 0 Å². The van der Waals surface area contributed by atoms with E-state index in [1.54, 1.807) is 0 Å². The number of unbranched alkanes of at least 4 members (excludes halogenated alkanes) is 5. The van der Waals surface area contributed by atoms with Crippen molar-refractivity contribution in [2.75, 3.05) is 0 Å². The normalized spacial score (nSPS) is 9.70. The van der Waals surface area contributed by atoms with E-state index < -0.39 is 18.5 Å². The van der Waals surface area contributed by atoms with Crippen molar-refractivity contribution < 1.29 is 21.9 Å². The maximum absolute atomic E-state index is 10.1. The minimum absolute atomic E-state index is 0.812. The number of hydrogen-bond donors (Lipinski definition) is 0. The van der Waals surface area contributed by atoms with Gasteiger partial charge in [0.05, 0.1) is 0 Å². The fourth-order valence-electron chi connectivity index (χ4n) is 0.941. The molecule has 0 aromatic heterocycles. The molecule has 0 atom stereocenters. The molecule has 61 valence electrons. The van der Waals surface area contributed by atoms with E-state index in [1.165, 1.54) is 38.5 Å². The zero-order chi connectivity index (χ0) is 7.66. The molecule has 10 heavy (non-hydrogen) atoms. The molecule has 0 spiro atoms. The molecule has 0 aliphatic rings. The molecule has 0 saturated carbocycles. The number of hydrogen-bond acceptors (Lipinski definition) is 1. The average Bonchev–Trinajstić information content (AvgIpc) is 1.97. The fourth-order valence-corrected chi connectivity index (χ4v) is 1.73. The Balaban J connectivity index is 2.70. The van der Waals surface area contributed by atoms with Gasteiger partial charge in [-0.3, -0.25) is 0 Å². The van der Waals surface area contributed by atoms with Crippen molar-refractivity contribution in [1.29, 1.82) is 0 Å². The Hall–Kier alpha value is 0.488. The number of rotatable bonds is 7. The molecular weight excluding hydrogens is 208 g/mol. The third-order valence-corrected chi connectivity index (χ3v) is 2.70. The van der Waals surface area contributed by atoms with E-state index in [0.29, 0.717) is 0 Å². The van der Waals surface area contributed by atoms with Crippen LogP contribution in [0.2, 0.25) is 4.81 Å². The predicted octanol–water partition coefficient (Wildman–Crippen LogP) is 3.19. The van der Waals surface area contributed by atoms with Gasteiger partial charge in [0.1, 0.15) is 0 Å². The Bertz CT molecular complexity index is 73.7. The van der Waals surface area contributed by atoms with Gasteiger partial charge in [0.2, 0.25) is 0 Å². The fraction of sp³-hybridized carbons (Fsp3) is 1.00. The van der Waals surface area contributed by atoms with Crippen LogP contribution >= 0.6 is 0 Å². The molecule has 0 bridgehead atoms. The molecule has 0 N–H and O–H groups in total. The van der Waals surface area contributed by atoms with Crippen molar-refractivity contribution >= 4 is 0 Å². The summed E-state index contributed by atoms with van der Waals surface area (Å²) >= 11 is -0.812. The van der Waals surface area contributed by atoms with E-state index in [9.17, 15) is 3.40 Å². The third kappa shape index (κ3) is 8.49. The van der Waals surface area contributed by atoms with Crippen LogP contribution in [0.25, 0.3) is 0 Å². The Morgan fingerprint density at radius 1 is 1.00 bits per heavy atom. The van der Waals surface area contributed by atoms with E-state index in [-0.39, 0.29) is 0 Å². The summed E-state index contributed by atoms with van der Waals surface area (Å²) in [5, 5.41) is 0. The molecule has 1 nitrogen and oxygen atoms in total. The Labute approximate surface area is 72.4 Å². The van der Waals surface area contributed by atoms with Crippen molar-refractivity contribution in [2.45, 2.75) is 50.3 Å². The van der Waals surface area contributed by atoms with Gasteiger partial charge in [-0.2, -0.15) is 0 Å². The molecule has 0 saturated heterocycles. The van der Waals surface area contributed by atoms with Crippen LogP contribution < -0.4 is 0 Å².